The number of rotatable bonds is 8. The maximum atomic E-state index is 12.7. The standard InChI is InChI=1S/C23H24N4O4/c1-31-17-8-6-16(7-9-17)27-22(29)20(26-23(27)30)10-11-21(28)24-13-12-15-14-25-19-5-3-2-4-18(15)19/h2-9,14,20,25H,10-13H2,1H3,(H,24,28)(H,26,30). The highest BCUT2D eigenvalue weighted by atomic mass is 16.5. The highest BCUT2D eigenvalue weighted by Crippen LogP contribution is 2.24. The van der Waals surface area contributed by atoms with E-state index in [9.17, 15) is 14.4 Å². The van der Waals surface area contributed by atoms with Gasteiger partial charge in [0.05, 0.1) is 12.8 Å². The Morgan fingerprint density at radius 1 is 1.13 bits per heavy atom. The van der Waals surface area contributed by atoms with Gasteiger partial charge < -0.3 is 20.4 Å². The summed E-state index contributed by atoms with van der Waals surface area (Å²) in [6, 6.07) is 13.5. The van der Waals surface area contributed by atoms with Crippen LogP contribution in [0.15, 0.2) is 54.7 Å². The number of methoxy groups -OCH3 is 1. The van der Waals surface area contributed by atoms with Gasteiger partial charge in [-0.3, -0.25) is 9.59 Å². The predicted molar refractivity (Wildman–Crippen MR) is 117 cm³/mol. The molecule has 1 saturated heterocycles. The largest absolute Gasteiger partial charge is 0.497 e. The van der Waals surface area contributed by atoms with E-state index < -0.39 is 12.1 Å². The summed E-state index contributed by atoms with van der Waals surface area (Å²) in [5.74, 6) is 0.128. The van der Waals surface area contributed by atoms with Crippen molar-refractivity contribution in [1.82, 2.24) is 15.6 Å². The fourth-order valence-electron chi connectivity index (χ4n) is 3.74. The summed E-state index contributed by atoms with van der Waals surface area (Å²) in [4.78, 5) is 41.5. The van der Waals surface area contributed by atoms with Gasteiger partial charge in [0.25, 0.3) is 5.91 Å². The molecular formula is C23H24N4O4. The summed E-state index contributed by atoms with van der Waals surface area (Å²) >= 11 is 0. The average Bonchev–Trinajstić information content (AvgIpc) is 3.32. The molecule has 160 valence electrons. The van der Waals surface area contributed by atoms with E-state index in [2.05, 4.69) is 15.6 Å². The lowest BCUT2D eigenvalue weighted by molar-refractivity contribution is -0.121. The summed E-state index contributed by atoms with van der Waals surface area (Å²) in [5, 5.41) is 6.69. The molecule has 0 bridgehead atoms. The Labute approximate surface area is 179 Å². The minimum Gasteiger partial charge on any atom is -0.497 e. The minimum absolute atomic E-state index is 0.148. The summed E-state index contributed by atoms with van der Waals surface area (Å²) in [6.45, 7) is 0.504. The molecule has 0 aliphatic carbocycles. The Hall–Kier alpha value is -3.81. The normalized spacial score (nSPS) is 15.9. The third kappa shape index (κ3) is 4.37. The van der Waals surface area contributed by atoms with Crippen LogP contribution in [-0.4, -0.2) is 42.5 Å². The van der Waals surface area contributed by atoms with E-state index in [-0.39, 0.29) is 24.7 Å². The Bertz CT molecular complexity index is 1110. The Morgan fingerprint density at radius 2 is 1.90 bits per heavy atom. The van der Waals surface area contributed by atoms with Gasteiger partial charge in [-0.1, -0.05) is 18.2 Å². The number of aromatic amines is 1. The van der Waals surface area contributed by atoms with E-state index in [4.69, 9.17) is 4.74 Å². The Balaban J connectivity index is 1.26. The van der Waals surface area contributed by atoms with Crippen molar-refractivity contribution in [2.45, 2.75) is 25.3 Å². The Kier molecular flexibility index (Phi) is 5.88. The molecule has 4 rings (SSSR count). The number of carbonyl (C=O) groups is 3. The average molecular weight is 420 g/mol. The van der Waals surface area contributed by atoms with Crippen LogP contribution in [0.1, 0.15) is 18.4 Å². The van der Waals surface area contributed by atoms with Crippen LogP contribution in [0.3, 0.4) is 0 Å². The van der Waals surface area contributed by atoms with E-state index in [1.54, 1.807) is 31.4 Å². The van der Waals surface area contributed by atoms with Crippen molar-refractivity contribution in [3.05, 3.63) is 60.3 Å². The van der Waals surface area contributed by atoms with Crippen LogP contribution in [0.2, 0.25) is 0 Å². The van der Waals surface area contributed by atoms with Crippen LogP contribution in [0.25, 0.3) is 10.9 Å². The monoisotopic (exact) mass is 420 g/mol. The smallest absolute Gasteiger partial charge is 0.329 e. The number of anilines is 1. The molecule has 1 atom stereocenters. The molecule has 3 aromatic rings. The molecular weight excluding hydrogens is 396 g/mol. The molecule has 1 aliphatic rings. The van der Waals surface area contributed by atoms with Crippen LogP contribution < -0.4 is 20.3 Å². The van der Waals surface area contributed by atoms with E-state index in [0.29, 0.717) is 24.4 Å². The molecule has 1 aromatic heterocycles. The van der Waals surface area contributed by atoms with E-state index in [1.807, 2.05) is 30.5 Å². The van der Waals surface area contributed by atoms with Crippen molar-refractivity contribution < 1.29 is 19.1 Å². The number of benzene rings is 2. The maximum Gasteiger partial charge on any atom is 0.329 e. The van der Waals surface area contributed by atoms with Crippen molar-refractivity contribution in [3.63, 3.8) is 0 Å². The number of urea groups is 1. The van der Waals surface area contributed by atoms with Crippen molar-refractivity contribution in [1.29, 1.82) is 0 Å². The second kappa shape index (κ2) is 8.91. The van der Waals surface area contributed by atoms with Gasteiger partial charge in [-0.2, -0.15) is 0 Å². The van der Waals surface area contributed by atoms with Crippen molar-refractivity contribution in [3.8, 4) is 5.75 Å². The fourth-order valence-corrected chi connectivity index (χ4v) is 3.74. The lowest BCUT2D eigenvalue weighted by Crippen LogP contribution is -2.33. The molecule has 0 saturated carbocycles. The molecule has 4 amide bonds. The van der Waals surface area contributed by atoms with E-state index >= 15 is 0 Å². The van der Waals surface area contributed by atoms with Gasteiger partial charge >= 0.3 is 6.03 Å². The van der Waals surface area contributed by atoms with Crippen LogP contribution in [0, 0.1) is 0 Å². The second-order valence-electron chi connectivity index (χ2n) is 7.37. The number of fused-ring (bicyclic) bond motifs is 1. The zero-order valence-electron chi connectivity index (χ0n) is 17.2. The molecule has 0 spiro atoms. The summed E-state index contributed by atoms with van der Waals surface area (Å²) in [5.41, 5.74) is 2.68. The first-order valence-electron chi connectivity index (χ1n) is 10.2. The molecule has 1 unspecified atom stereocenters. The van der Waals surface area contributed by atoms with Crippen LogP contribution in [-0.2, 0) is 16.0 Å². The van der Waals surface area contributed by atoms with Gasteiger partial charge in [-0.15, -0.1) is 0 Å². The van der Waals surface area contributed by atoms with Crippen molar-refractivity contribution in [2.24, 2.45) is 0 Å². The Morgan fingerprint density at radius 3 is 2.68 bits per heavy atom. The first-order valence-corrected chi connectivity index (χ1v) is 10.2. The molecule has 0 radical (unpaired) electrons. The topological polar surface area (TPSA) is 104 Å². The zero-order valence-corrected chi connectivity index (χ0v) is 17.2. The molecule has 2 aromatic carbocycles. The third-order valence-corrected chi connectivity index (χ3v) is 5.40. The number of para-hydroxylation sites is 1. The van der Waals surface area contributed by atoms with Crippen LogP contribution >= 0.6 is 0 Å². The molecule has 1 aliphatic heterocycles. The number of aromatic nitrogens is 1. The highest BCUT2D eigenvalue weighted by molar-refractivity contribution is 6.21. The lowest BCUT2D eigenvalue weighted by atomic mass is 10.1. The van der Waals surface area contributed by atoms with Gasteiger partial charge in [-0.25, -0.2) is 9.69 Å². The molecule has 31 heavy (non-hydrogen) atoms. The van der Waals surface area contributed by atoms with Crippen LogP contribution in [0.5, 0.6) is 5.75 Å². The van der Waals surface area contributed by atoms with Gasteiger partial charge in [0.1, 0.15) is 11.8 Å². The molecule has 8 heteroatoms. The maximum absolute atomic E-state index is 12.7. The zero-order chi connectivity index (χ0) is 21.8. The third-order valence-electron chi connectivity index (χ3n) is 5.40. The van der Waals surface area contributed by atoms with Gasteiger partial charge in [-0.05, 0) is 48.7 Å². The SMILES string of the molecule is COc1ccc(N2C(=O)NC(CCC(=O)NCCc3c[nH]c4ccccc34)C2=O)cc1. The molecule has 3 N–H and O–H groups in total. The van der Waals surface area contributed by atoms with Gasteiger partial charge in [0, 0.05) is 30.1 Å². The number of nitrogens with one attached hydrogen (secondary N) is 3. The predicted octanol–water partition coefficient (Wildman–Crippen LogP) is 2.74. The van der Waals surface area contributed by atoms with Crippen LogP contribution in [0.4, 0.5) is 10.5 Å². The van der Waals surface area contributed by atoms with E-state index in [0.717, 1.165) is 21.4 Å². The minimum atomic E-state index is -0.714. The number of imide groups is 1. The van der Waals surface area contributed by atoms with Crippen molar-refractivity contribution >= 4 is 34.4 Å². The first-order chi connectivity index (χ1) is 15.1. The summed E-state index contributed by atoms with van der Waals surface area (Å²) in [6.07, 6.45) is 3.06. The number of amides is 4. The number of carbonyl (C=O) groups excluding carboxylic acids is 3. The number of ether oxygens (including phenoxy) is 1. The fraction of sp³-hybridized carbons (Fsp3) is 0.261. The highest BCUT2D eigenvalue weighted by Gasteiger charge is 2.38. The van der Waals surface area contributed by atoms with Gasteiger partial charge in [0.15, 0.2) is 0 Å². The summed E-state index contributed by atoms with van der Waals surface area (Å²) < 4.78 is 5.10. The van der Waals surface area contributed by atoms with Crippen molar-refractivity contribution in [2.75, 3.05) is 18.6 Å². The number of nitrogens with zero attached hydrogens (tertiary/aromatic N) is 1. The van der Waals surface area contributed by atoms with E-state index in [1.165, 1.54) is 0 Å². The molecule has 8 nitrogen and oxygen atoms in total. The molecule has 1 fully saturated rings. The first kappa shape index (κ1) is 20.5. The number of H-pyrrole nitrogens is 1. The summed E-state index contributed by atoms with van der Waals surface area (Å²) in [7, 11) is 1.55. The number of hydrogen-bond donors (Lipinski definition) is 3. The van der Waals surface area contributed by atoms with Gasteiger partial charge in [0.2, 0.25) is 5.91 Å². The quantitative estimate of drug-likeness (QED) is 0.488. The molecule has 2 heterocycles. The lowest BCUT2D eigenvalue weighted by Gasteiger charge is -2.13. The number of hydrogen-bond acceptors (Lipinski definition) is 4. The second-order valence-corrected chi connectivity index (χ2v) is 7.37.